The zero-order chi connectivity index (χ0) is 20.0. The Morgan fingerprint density at radius 3 is 2.44 bits per heavy atom. The molecule has 7 nitrogen and oxygen atoms in total. The van der Waals surface area contributed by atoms with Crippen LogP contribution in [0.5, 0.6) is 0 Å². The maximum Gasteiger partial charge on any atom is 0.328 e. The molecule has 1 atom stereocenters. The molecule has 1 amide bonds. The number of esters is 1. The maximum atomic E-state index is 12.7. The number of nitrogens with one attached hydrogen (secondary N) is 1. The summed E-state index contributed by atoms with van der Waals surface area (Å²) in [5.41, 5.74) is 0.886. The van der Waals surface area contributed by atoms with Crippen molar-refractivity contribution in [3.63, 3.8) is 0 Å². The van der Waals surface area contributed by atoms with Gasteiger partial charge >= 0.3 is 5.97 Å². The molecule has 0 radical (unpaired) electrons. The summed E-state index contributed by atoms with van der Waals surface area (Å²) >= 11 is 3.21. The smallest absolute Gasteiger partial charge is 0.328 e. The van der Waals surface area contributed by atoms with E-state index in [2.05, 4.69) is 21.2 Å². The number of ether oxygens (including phenoxy) is 1. The Balaban J connectivity index is 2.28. The summed E-state index contributed by atoms with van der Waals surface area (Å²) in [6.45, 7) is 1.84. The molecule has 0 aromatic heterocycles. The predicted octanol–water partition coefficient (Wildman–Crippen LogP) is 2.00. The van der Waals surface area contributed by atoms with E-state index >= 15 is 0 Å². The highest BCUT2D eigenvalue weighted by Crippen LogP contribution is 2.21. The fourth-order valence-corrected chi connectivity index (χ4v) is 3.34. The summed E-state index contributed by atoms with van der Waals surface area (Å²) in [5, 5.41) is 7.72. The molecular formula is C18H19BrN2O5S. The van der Waals surface area contributed by atoms with Crippen LogP contribution >= 0.6 is 15.9 Å². The first kappa shape index (κ1) is 21.1. The van der Waals surface area contributed by atoms with Gasteiger partial charge in [0.25, 0.3) is 5.91 Å². The molecule has 9 heteroatoms. The molecule has 27 heavy (non-hydrogen) atoms. The molecule has 0 heterocycles. The predicted molar refractivity (Wildman–Crippen MR) is 104 cm³/mol. The number of carbonyl (C=O) groups excluding carboxylic acids is 2. The molecule has 0 aliphatic rings. The summed E-state index contributed by atoms with van der Waals surface area (Å²) in [6, 6.07) is 12.1. The zero-order valence-electron chi connectivity index (χ0n) is 14.5. The van der Waals surface area contributed by atoms with Crippen molar-refractivity contribution in [3.05, 3.63) is 64.1 Å². The highest BCUT2D eigenvalue weighted by Gasteiger charge is 2.25. The quantitative estimate of drug-likeness (QED) is 0.620. The number of primary sulfonamides is 1. The van der Waals surface area contributed by atoms with Gasteiger partial charge in [0.2, 0.25) is 10.0 Å². The maximum absolute atomic E-state index is 12.7. The highest BCUT2D eigenvalue weighted by molar-refractivity contribution is 9.10. The zero-order valence-corrected chi connectivity index (χ0v) is 16.9. The molecule has 0 bridgehead atoms. The fraction of sp³-hybridized carbons (Fsp3) is 0.222. The van der Waals surface area contributed by atoms with Gasteiger partial charge in [0.15, 0.2) is 0 Å². The molecule has 0 saturated heterocycles. The molecule has 0 aliphatic carbocycles. The van der Waals surface area contributed by atoms with Crippen LogP contribution in [0.1, 0.15) is 22.8 Å². The van der Waals surface area contributed by atoms with E-state index < -0.39 is 27.9 Å². The number of rotatable bonds is 7. The molecule has 0 saturated carbocycles. The van der Waals surface area contributed by atoms with Gasteiger partial charge in [0, 0.05) is 10.9 Å². The van der Waals surface area contributed by atoms with Gasteiger partial charge in [-0.1, -0.05) is 30.3 Å². The van der Waals surface area contributed by atoms with Gasteiger partial charge in [0.1, 0.15) is 6.04 Å². The highest BCUT2D eigenvalue weighted by atomic mass is 79.9. The molecule has 2 aromatic rings. The van der Waals surface area contributed by atoms with E-state index in [0.717, 1.165) is 11.6 Å². The Hall–Kier alpha value is -2.23. The normalized spacial score (nSPS) is 12.3. The second-order valence-corrected chi connectivity index (χ2v) is 8.07. The number of hydrogen-bond acceptors (Lipinski definition) is 5. The van der Waals surface area contributed by atoms with Crippen molar-refractivity contribution in [2.75, 3.05) is 6.61 Å². The van der Waals surface area contributed by atoms with Gasteiger partial charge in [-0.05, 0) is 46.6 Å². The molecule has 144 valence electrons. The van der Waals surface area contributed by atoms with Gasteiger partial charge in [-0.25, -0.2) is 18.4 Å². The summed E-state index contributed by atoms with van der Waals surface area (Å²) in [7, 11) is -3.97. The SMILES string of the molecule is CCOC(=O)C(Cc1ccccc1)NC(=O)c1cc(S(N)(=O)=O)ccc1Br. The minimum absolute atomic E-state index is 0.0453. The average molecular weight is 455 g/mol. The summed E-state index contributed by atoms with van der Waals surface area (Å²) in [6.07, 6.45) is 0.234. The lowest BCUT2D eigenvalue weighted by Crippen LogP contribution is -2.43. The van der Waals surface area contributed by atoms with Gasteiger partial charge in [-0.3, -0.25) is 4.79 Å². The Labute approximate surface area is 166 Å². The van der Waals surface area contributed by atoms with E-state index in [1.165, 1.54) is 12.1 Å². The average Bonchev–Trinajstić information content (AvgIpc) is 2.61. The molecule has 0 spiro atoms. The van der Waals surface area contributed by atoms with Crippen molar-refractivity contribution in [2.24, 2.45) is 5.14 Å². The largest absolute Gasteiger partial charge is 0.464 e. The van der Waals surface area contributed by atoms with Crippen LogP contribution in [0.25, 0.3) is 0 Å². The van der Waals surface area contributed by atoms with E-state index in [-0.39, 0.29) is 23.5 Å². The molecule has 0 aliphatic heterocycles. The van der Waals surface area contributed by atoms with Gasteiger partial charge in [-0.15, -0.1) is 0 Å². The summed E-state index contributed by atoms with van der Waals surface area (Å²) < 4.78 is 28.5. The van der Waals surface area contributed by atoms with E-state index in [0.29, 0.717) is 4.47 Å². The topological polar surface area (TPSA) is 116 Å². The van der Waals surface area contributed by atoms with Crippen LogP contribution in [0.2, 0.25) is 0 Å². The van der Waals surface area contributed by atoms with Crippen LogP contribution in [-0.4, -0.2) is 32.9 Å². The van der Waals surface area contributed by atoms with Crippen molar-refractivity contribution in [3.8, 4) is 0 Å². The first-order valence-electron chi connectivity index (χ1n) is 8.06. The lowest BCUT2D eigenvalue weighted by atomic mass is 10.1. The number of halogens is 1. The number of carbonyl (C=O) groups is 2. The summed E-state index contributed by atoms with van der Waals surface area (Å²) in [4.78, 5) is 24.7. The van der Waals surface area contributed by atoms with Gasteiger partial charge in [0.05, 0.1) is 17.1 Å². The lowest BCUT2D eigenvalue weighted by Gasteiger charge is -2.18. The molecule has 2 aromatic carbocycles. The van der Waals surface area contributed by atoms with Gasteiger partial charge in [-0.2, -0.15) is 0 Å². The van der Waals surface area contributed by atoms with E-state index in [9.17, 15) is 18.0 Å². The van der Waals surface area contributed by atoms with Crippen LogP contribution in [0, 0.1) is 0 Å². The molecular weight excluding hydrogens is 436 g/mol. The van der Waals surface area contributed by atoms with Crippen molar-refractivity contribution >= 4 is 37.8 Å². The van der Waals surface area contributed by atoms with Crippen molar-refractivity contribution < 1.29 is 22.7 Å². The van der Waals surface area contributed by atoms with E-state index in [4.69, 9.17) is 9.88 Å². The Morgan fingerprint density at radius 1 is 1.19 bits per heavy atom. The third kappa shape index (κ3) is 5.88. The monoisotopic (exact) mass is 454 g/mol. The van der Waals surface area contributed by atoms with Crippen LogP contribution in [-0.2, 0) is 26.0 Å². The second-order valence-electron chi connectivity index (χ2n) is 5.65. The first-order chi connectivity index (χ1) is 12.7. The van der Waals surface area contributed by atoms with Crippen LogP contribution in [0.15, 0.2) is 57.9 Å². The lowest BCUT2D eigenvalue weighted by molar-refractivity contribution is -0.145. The number of sulfonamides is 1. The van der Waals surface area contributed by atoms with Crippen molar-refractivity contribution in [1.29, 1.82) is 0 Å². The minimum atomic E-state index is -3.97. The van der Waals surface area contributed by atoms with Crippen molar-refractivity contribution in [2.45, 2.75) is 24.3 Å². The molecule has 0 fully saturated rings. The molecule has 1 unspecified atom stereocenters. The number of nitrogens with two attached hydrogens (primary N) is 1. The Bertz CT molecular complexity index is 932. The van der Waals surface area contributed by atoms with Crippen LogP contribution < -0.4 is 10.5 Å². The standard InChI is InChI=1S/C18H19BrN2O5S/c1-2-26-18(23)16(10-12-6-4-3-5-7-12)21-17(22)14-11-13(27(20,24)25)8-9-15(14)19/h3-9,11,16H,2,10H2,1H3,(H,21,22)(H2,20,24,25). The van der Waals surface area contributed by atoms with Gasteiger partial charge < -0.3 is 10.1 Å². The minimum Gasteiger partial charge on any atom is -0.464 e. The van der Waals surface area contributed by atoms with Crippen LogP contribution in [0.3, 0.4) is 0 Å². The number of benzene rings is 2. The number of hydrogen-bond donors (Lipinski definition) is 2. The second kappa shape index (κ2) is 9.12. The Morgan fingerprint density at radius 2 is 1.85 bits per heavy atom. The summed E-state index contributed by atoms with van der Waals surface area (Å²) in [5.74, 6) is -1.20. The van der Waals surface area contributed by atoms with E-state index in [1.807, 2.05) is 30.3 Å². The number of amides is 1. The molecule has 3 N–H and O–H groups in total. The van der Waals surface area contributed by atoms with Crippen molar-refractivity contribution in [1.82, 2.24) is 5.32 Å². The Kier molecular flexibility index (Phi) is 7.11. The first-order valence-corrected chi connectivity index (χ1v) is 10.4. The van der Waals surface area contributed by atoms with E-state index in [1.54, 1.807) is 6.92 Å². The third-order valence-corrected chi connectivity index (χ3v) is 5.27. The fourth-order valence-electron chi connectivity index (χ4n) is 2.38. The molecule has 2 rings (SSSR count). The van der Waals surface area contributed by atoms with Crippen LogP contribution in [0.4, 0.5) is 0 Å². The third-order valence-electron chi connectivity index (χ3n) is 3.67.